The van der Waals surface area contributed by atoms with Gasteiger partial charge >= 0.3 is 12.0 Å². The molecule has 0 unspecified atom stereocenters. The van der Waals surface area contributed by atoms with Gasteiger partial charge in [0.1, 0.15) is 0 Å². The van der Waals surface area contributed by atoms with E-state index in [-0.39, 0.29) is 24.5 Å². The van der Waals surface area contributed by atoms with Gasteiger partial charge in [0.05, 0.1) is 13.0 Å². The van der Waals surface area contributed by atoms with Crippen molar-refractivity contribution >= 4 is 17.7 Å². The fourth-order valence-electron chi connectivity index (χ4n) is 1.65. The number of carbonyl (C=O) groups excluding carboxylic acids is 2. The van der Waals surface area contributed by atoms with Crippen molar-refractivity contribution in [2.45, 2.75) is 20.3 Å². The van der Waals surface area contributed by atoms with Gasteiger partial charge in [0.15, 0.2) is 0 Å². The highest BCUT2D eigenvalue weighted by molar-refractivity contribution is 5.90. The van der Waals surface area contributed by atoms with Crippen LogP contribution in [0, 0.1) is 5.92 Å². The molecule has 0 saturated carbocycles. The van der Waals surface area contributed by atoms with Crippen LogP contribution in [0.1, 0.15) is 19.4 Å². The van der Waals surface area contributed by atoms with Crippen molar-refractivity contribution in [1.82, 2.24) is 5.32 Å². The quantitative estimate of drug-likeness (QED) is 0.801. The van der Waals surface area contributed by atoms with Crippen LogP contribution in [0.5, 0.6) is 0 Å². The molecule has 2 amide bonds. The molecule has 0 radical (unpaired) electrons. The topological polar surface area (TPSA) is 67.4 Å². The average molecular weight is 264 g/mol. The first-order chi connectivity index (χ1) is 9.08. The zero-order valence-corrected chi connectivity index (χ0v) is 11.5. The minimum absolute atomic E-state index is 0.243. The van der Waals surface area contributed by atoms with Crippen LogP contribution in [-0.4, -0.2) is 25.7 Å². The lowest BCUT2D eigenvalue weighted by Gasteiger charge is -2.13. The first-order valence-electron chi connectivity index (χ1n) is 6.29. The van der Waals surface area contributed by atoms with Crippen LogP contribution in [0.3, 0.4) is 0 Å². The Kier molecular flexibility index (Phi) is 5.85. The molecule has 0 aromatic heterocycles. The molecular formula is C14H20N2O3. The lowest BCUT2D eigenvalue weighted by Crippen LogP contribution is -2.35. The van der Waals surface area contributed by atoms with Crippen LogP contribution in [0.2, 0.25) is 0 Å². The van der Waals surface area contributed by atoms with Crippen molar-refractivity contribution in [3.8, 4) is 0 Å². The van der Waals surface area contributed by atoms with Crippen molar-refractivity contribution in [2.75, 3.05) is 19.0 Å². The van der Waals surface area contributed by atoms with E-state index in [4.69, 9.17) is 0 Å². The Labute approximate surface area is 113 Å². The number of hydrogen-bond donors (Lipinski definition) is 2. The van der Waals surface area contributed by atoms with Gasteiger partial charge in [-0.05, 0) is 18.1 Å². The zero-order valence-electron chi connectivity index (χ0n) is 11.5. The standard InChI is InChI=1S/C14H20N2O3/c1-4-11-7-5-6-8-12(11)16-14(18)15-9-10(2)13(17)19-3/h5-8,10H,4,9H2,1-3H3,(H2,15,16,18)/t10-/m1/s1. The summed E-state index contributed by atoms with van der Waals surface area (Å²) in [5.74, 6) is -0.702. The van der Waals surface area contributed by atoms with Crippen LogP contribution < -0.4 is 10.6 Å². The number of hydrogen-bond acceptors (Lipinski definition) is 3. The monoisotopic (exact) mass is 264 g/mol. The van der Waals surface area contributed by atoms with Crippen LogP contribution in [0.25, 0.3) is 0 Å². The van der Waals surface area contributed by atoms with Crippen LogP contribution in [0.4, 0.5) is 10.5 Å². The van der Waals surface area contributed by atoms with Crippen molar-refractivity contribution in [3.05, 3.63) is 29.8 Å². The summed E-state index contributed by atoms with van der Waals surface area (Å²) in [6.07, 6.45) is 0.842. The summed E-state index contributed by atoms with van der Waals surface area (Å²) < 4.78 is 4.59. The number of ether oxygens (including phenoxy) is 1. The molecule has 0 heterocycles. The summed E-state index contributed by atoms with van der Waals surface area (Å²) in [7, 11) is 1.33. The second-order valence-corrected chi connectivity index (χ2v) is 4.27. The number of benzene rings is 1. The highest BCUT2D eigenvalue weighted by Crippen LogP contribution is 2.14. The average Bonchev–Trinajstić information content (AvgIpc) is 2.44. The number of rotatable bonds is 5. The Bertz CT molecular complexity index is 446. The molecule has 0 fully saturated rings. The van der Waals surface area contributed by atoms with E-state index in [9.17, 15) is 9.59 Å². The second kappa shape index (κ2) is 7.41. The van der Waals surface area contributed by atoms with Crippen LogP contribution in [0.15, 0.2) is 24.3 Å². The first-order valence-corrected chi connectivity index (χ1v) is 6.29. The lowest BCUT2D eigenvalue weighted by molar-refractivity contribution is -0.144. The molecule has 1 atom stereocenters. The van der Waals surface area contributed by atoms with Gasteiger partial charge < -0.3 is 15.4 Å². The fourth-order valence-corrected chi connectivity index (χ4v) is 1.65. The summed E-state index contributed by atoms with van der Waals surface area (Å²) in [5.41, 5.74) is 1.85. The molecular weight excluding hydrogens is 244 g/mol. The van der Waals surface area contributed by atoms with Gasteiger partial charge in [-0.25, -0.2) is 4.79 Å². The molecule has 104 valence electrons. The number of para-hydroxylation sites is 1. The molecule has 19 heavy (non-hydrogen) atoms. The minimum Gasteiger partial charge on any atom is -0.469 e. The van der Waals surface area contributed by atoms with E-state index in [1.165, 1.54) is 7.11 Å². The smallest absolute Gasteiger partial charge is 0.319 e. The number of anilines is 1. The normalized spacial score (nSPS) is 11.5. The van der Waals surface area contributed by atoms with Gasteiger partial charge in [0, 0.05) is 12.2 Å². The van der Waals surface area contributed by atoms with E-state index >= 15 is 0 Å². The number of carbonyl (C=O) groups is 2. The van der Waals surface area contributed by atoms with E-state index in [0.29, 0.717) is 0 Å². The number of aryl methyl sites for hydroxylation is 1. The molecule has 0 bridgehead atoms. The third-order valence-corrected chi connectivity index (χ3v) is 2.82. The highest BCUT2D eigenvalue weighted by Gasteiger charge is 2.14. The largest absolute Gasteiger partial charge is 0.469 e. The summed E-state index contributed by atoms with van der Waals surface area (Å²) in [6.45, 7) is 3.97. The summed E-state index contributed by atoms with van der Waals surface area (Å²) in [5, 5.41) is 5.42. The van der Waals surface area contributed by atoms with Gasteiger partial charge in [-0.1, -0.05) is 32.0 Å². The SMILES string of the molecule is CCc1ccccc1NC(=O)NC[C@@H](C)C(=O)OC. The fraction of sp³-hybridized carbons (Fsp3) is 0.429. The molecule has 1 aromatic rings. The lowest BCUT2D eigenvalue weighted by atomic mass is 10.1. The van der Waals surface area contributed by atoms with Crippen LogP contribution >= 0.6 is 0 Å². The molecule has 0 aliphatic rings. The first kappa shape index (κ1) is 15.0. The molecule has 0 aliphatic heterocycles. The maximum absolute atomic E-state index is 11.7. The van der Waals surface area contributed by atoms with Gasteiger partial charge in [-0.15, -0.1) is 0 Å². The van der Waals surface area contributed by atoms with Crippen molar-refractivity contribution in [3.63, 3.8) is 0 Å². The van der Waals surface area contributed by atoms with Gasteiger partial charge in [0.25, 0.3) is 0 Å². The molecule has 0 saturated heterocycles. The molecule has 5 nitrogen and oxygen atoms in total. The summed E-state index contributed by atoms with van der Waals surface area (Å²) in [6, 6.07) is 7.29. The predicted octanol–water partition coefficient (Wildman–Crippen LogP) is 2.18. The molecule has 1 aromatic carbocycles. The molecule has 0 aliphatic carbocycles. The highest BCUT2D eigenvalue weighted by atomic mass is 16.5. The molecule has 2 N–H and O–H groups in total. The van der Waals surface area contributed by atoms with Crippen molar-refractivity contribution in [2.24, 2.45) is 5.92 Å². The maximum Gasteiger partial charge on any atom is 0.319 e. The third kappa shape index (κ3) is 4.62. The van der Waals surface area contributed by atoms with Gasteiger partial charge in [0.2, 0.25) is 0 Å². The van der Waals surface area contributed by atoms with Crippen LogP contribution in [-0.2, 0) is 16.0 Å². The molecule has 0 spiro atoms. The van der Waals surface area contributed by atoms with E-state index in [1.807, 2.05) is 31.2 Å². The number of esters is 1. The Morgan fingerprint density at radius 3 is 2.63 bits per heavy atom. The summed E-state index contributed by atoms with van der Waals surface area (Å²) >= 11 is 0. The van der Waals surface area contributed by atoms with Gasteiger partial charge in [-0.2, -0.15) is 0 Å². The van der Waals surface area contributed by atoms with E-state index in [1.54, 1.807) is 6.92 Å². The van der Waals surface area contributed by atoms with E-state index < -0.39 is 0 Å². The van der Waals surface area contributed by atoms with E-state index in [2.05, 4.69) is 15.4 Å². The van der Waals surface area contributed by atoms with Gasteiger partial charge in [-0.3, -0.25) is 4.79 Å². The number of amides is 2. The minimum atomic E-state index is -0.364. The third-order valence-electron chi connectivity index (χ3n) is 2.82. The Hall–Kier alpha value is -2.04. The number of urea groups is 1. The number of nitrogens with one attached hydrogen (secondary N) is 2. The van der Waals surface area contributed by atoms with Crippen molar-refractivity contribution in [1.29, 1.82) is 0 Å². The maximum atomic E-state index is 11.7. The second-order valence-electron chi connectivity index (χ2n) is 4.27. The Balaban J connectivity index is 2.49. The molecule has 5 heteroatoms. The number of methoxy groups -OCH3 is 1. The van der Waals surface area contributed by atoms with E-state index in [0.717, 1.165) is 17.7 Å². The molecule has 1 rings (SSSR count). The predicted molar refractivity (Wildman–Crippen MR) is 74.0 cm³/mol. The Morgan fingerprint density at radius 2 is 2.00 bits per heavy atom. The zero-order chi connectivity index (χ0) is 14.3. The Morgan fingerprint density at radius 1 is 1.32 bits per heavy atom. The van der Waals surface area contributed by atoms with Crippen molar-refractivity contribution < 1.29 is 14.3 Å². The summed E-state index contributed by atoms with van der Waals surface area (Å²) in [4.78, 5) is 22.9.